The number of nitrogens with one attached hydrogen (secondary N) is 1. The van der Waals surface area contributed by atoms with Gasteiger partial charge >= 0.3 is 0 Å². The predicted octanol–water partition coefficient (Wildman–Crippen LogP) is 5.59. The molecule has 0 aromatic heterocycles. The summed E-state index contributed by atoms with van der Waals surface area (Å²) >= 11 is 1.32. The highest BCUT2D eigenvalue weighted by Crippen LogP contribution is 2.28. The summed E-state index contributed by atoms with van der Waals surface area (Å²) in [7, 11) is 0. The largest absolute Gasteiger partial charge is 0.489 e. The lowest BCUT2D eigenvalue weighted by molar-refractivity contribution is -0.115. The molecule has 6 heteroatoms. The zero-order valence-corrected chi connectivity index (χ0v) is 18.4. The third kappa shape index (κ3) is 5.26. The number of amides is 1. The Kier molecular flexibility index (Phi) is 6.69. The highest BCUT2D eigenvalue weighted by Gasteiger charge is 2.23. The van der Waals surface area contributed by atoms with Crippen LogP contribution >= 0.6 is 11.8 Å². The molecule has 0 saturated carbocycles. The minimum absolute atomic E-state index is 0.160. The maximum atomic E-state index is 12.3. The number of nitrogens with zero attached hydrogens (tertiary/aromatic N) is 2. The number of nitriles is 1. The topological polar surface area (TPSA) is 74.5 Å². The second kappa shape index (κ2) is 9.99. The lowest BCUT2D eigenvalue weighted by atomic mass is 10.1. The Hall–Kier alpha value is -3.82. The Morgan fingerprint density at radius 3 is 2.53 bits per heavy atom. The van der Waals surface area contributed by atoms with E-state index >= 15 is 0 Å². The minimum atomic E-state index is -0.160. The number of benzene rings is 3. The first-order chi connectivity index (χ1) is 15.6. The number of thioether (sulfide) groups is 1. The van der Waals surface area contributed by atoms with E-state index in [1.54, 1.807) is 6.07 Å². The van der Waals surface area contributed by atoms with E-state index in [0.717, 1.165) is 23.2 Å². The Morgan fingerprint density at radius 1 is 1.06 bits per heavy atom. The standard InChI is InChI=1S/C26H21N3O2S/c1-2-18-7-11-22(12-8-18)28-26-29-25(30)24(32-26)15-19-9-13-23(14-10-19)31-17-21-6-4-3-5-20(21)16-27/h3-15H,2,17H2,1H3,(H,28,29,30)/b24-15-. The number of amidine groups is 1. The number of hydrogen-bond donors (Lipinski definition) is 1. The molecule has 1 fully saturated rings. The van der Waals surface area contributed by atoms with Crippen LogP contribution in [0.5, 0.6) is 5.75 Å². The van der Waals surface area contributed by atoms with Gasteiger partial charge in [0.05, 0.1) is 22.2 Å². The van der Waals surface area contributed by atoms with E-state index in [-0.39, 0.29) is 5.91 Å². The van der Waals surface area contributed by atoms with Crippen LogP contribution in [0.25, 0.3) is 6.08 Å². The van der Waals surface area contributed by atoms with Crippen molar-refractivity contribution >= 4 is 34.6 Å². The van der Waals surface area contributed by atoms with Crippen LogP contribution in [-0.4, -0.2) is 11.1 Å². The fourth-order valence-corrected chi connectivity index (χ4v) is 3.97. The molecule has 1 aliphatic heterocycles. The van der Waals surface area contributed by atoms with Gasteiger partial charge in [0.15, 0.2) is 5.17 Å². The van der Waals surface area contributed by atoms with Crippen LogP contribution in [-0.2, 0) is 17.8 Å². The van der Waals surface area contributed by atoms with Crippen molar-refractivity contribution in [3.63, 3.8) is 0 Å². The van der Waals surface area contributed by atoms with Crippen molar-refractivity contribution in [2.24, 2.45) is 4.99 Å². The minimum Gasteiger partial charge on any atom is -0.489 e. The van der Waals surface area contributed by atoms with Crippen molar-refractivity contribution in [2.75, 3.05) is 0 Å². The third-order valence-electron chi connectivity index (χ3n) is 4.94. The van der Waals surface area contributed by atoms with Crippen molar-refractivity contribution in [2.45, 2.75) is 20.0 Å². The summed E-state index contributed by atoms with van der Waals surface area (Å²) < 4.78 is 5.81. The first-order valence-corrected chi connectivity index (χ1v) is 11.1. The molecule has 0 spiro atoms. The van der Waals surface area contributed by atoms with Gasteiger partial charge in [-0.1, -0.05) is 49.4 Å². The van der Waals surface area contributed by atoms with Gasteiger partial charge in [-0.2, -0.15) is 5.26 Å². The summed E-state index contributed by atoms with van der Waals surface area (Å²) in [6.45, 7) is 2.43. The van der Waals surface area contributed by atoms with Gasteiger partial charge in [-0.3, -0.25) is 4.79 Å². The van der Waals surface area contributed by atoms with Crippen LogP contribution in [0.4, 0.5) is 5.69 Å². The predicted molar refractivity (Wildman–Crippen MR) is 129 cm³/mol. The Bertz CT molecular complexity index is 1220. The first kappa shape index (κ1) is 21.4. The molecule has 1 aliphatic rings. The Balaban J connectivity index is 1.40. The molecule has 0 aliphatic carbocycles. The van der Waals surface area contributed by atoms with Crippen molar-refractivity contribution < 1.29 is 9.53 Å². The number of carbonyl (C=O) groups excluding carboxylic acids is 1. The van der Waals surface area contributed by atoms with E-state index in [9.17, 15) is 10.1 Å². The molecule has 4 rings (SSSR count). The summed E-state index contributed by atoms with van der Waals surface area (Å²) in [4.78, 5) is 17.4. The number of rotatable bonds is 6. The highest BCUT2D eigenvalue weighted by atomic mass is 32.2. The number of aliphatic imine (C=N–C) groups is 1. The van der Waals surface area contributed by atoms with E-state index in [1.165, 1.54) is 17.3 Å². The molecular formula is C26H21N3O2S. The molecule has 0 radical (unpaired) electrons. The molecule has 158 valence electrons. The van der Waals surface area contributed by atoms with Gasteiger partial charge in [0.1, 0.15) is 12.4 Å². The van der Waals surface area contributed by atoms with Gasteiger partial charge in [-0.05, 0) is 65.7 Å². The molecule has 1 N–H and O–H groups in total. The summed E-state index contributed by atoms with van der Waals surface area (Å²) in [5.74, 6) is 0.536. The fraction of sp³-hybridized carbons (Fsp3) is 0.115. The quantitative estimate of drug-likeness (QED) is 0.508. The smallest absolute Gasteiger partial charge is 0.264 e. The van der Waals surface area contributed by atoms with E-state index in [4.69, 9.17) is 4.74 Å². The average Bonchev–Trinajstić information content (AvgIpc) is 3.17. The molecule has 0 atom stereocenters. The van der Waals surface area contributed by atoms with Crippen LogP contribution in [0.15, 0.2) is 82.7 Å². The second-order valence-corrected chi connectivity index (χ2v) is 8.16. The van der Waals surface area contributed by atoms with Gasteiger partial charge < -0.3 is 10.1 Å². The van der Waals surface area contributed by atoms with E-state index in [1.807, 2.05) is 72.8 Å². The van der Waals surface area contributed by atoms with Gasteiger partial charge in [0.25, 0.3) is 5.91 Å². The van der Waals surface area contributed by atoms with Crippen LogP contribution in [0.2, 0.25) is 0 Å². The Labute approximate surface area is 191 Å². The molecule has 0 unspecified atom stereocenters. The Morgan fingerprint density at radius 2 is 1.81 bits per heavy atom. The molecule has 1 heterocycles. The van der Waals surface area contributed by atoms with E-state index in [0.29, 0.717) is 28.0 Å². The second-order valence-electron chi connectivity index (χ2n) is 7.13. The van der Waals surface area contributed by atoms with Crippen molar-refractivity contribution in [3.05, 3.63) is 100.0 Å². The van der Waals surface area contributed by atoms with Crippen LogP contribution in [0, 0.1) is 11.3 Å². The molecule has 3 aromatic carbocycles. The van der Waals surface area contributed by atoms with Crippen LogP contribution in [0.1, 0.15) is 29.2 Å². The first-order valence-electron chi connectivity index (χ1n) is 10.2. The lowest BCUT2D eigenvalue weighted by Gasteiger charge is -2.07. The number of aryl methyl sites for hydroxylation is 1. The fourth-order valence-electron chi connectivity index (χ4n) is 3.13. The third-order valence-corrected chi connectivity index (χ3v) is 5.85. The van der Waals surface area contributed by atoms with E-state index < -0.39 is 0 Å². The summed E-state index contributed by atoms with van der Waals surface area (Å²) in [5, 5.41) is 12.6. The van der Waals surface area contributed by atoms with Crippen molar-refractivity contribution in [1.82, 2.24) is 5.32 Å². The number of carbonyl (C=O) groups is 1. The van der Waals surface area contributed by atoms with Crippen LogP contribution < -0.4 is 10.1 Å². The lowest BCUT2D eigenvalue weighted by Crippen LogP contribution is -2.19. The molecule has 0 bridgehead atoms. The maximum absolute atomic E-state index is 12.3. The SMILES string of the molecule is CCc1ccc(N=C2NC(=O)/C(=C/c3ccc(OCc4ccccc4C#N)cc3)S2)cc1. The molecule has 1 saturated heterocycles. The average molecular weight is 440 g/mol. The molecule has 1 amide bonds. The zero-order chi connectivity index (χ0) is 22.3. The molecule has 32 heavy (non-hydrogen) atoms. The van der Waals surface area contributed by atoms with Crippen LogP contribution in [0.3, 0.4) is 0 Å². The molecule has 5 nitrogen and oxygen atoms in total. The van der Waals surface area contributed by atoms with Crippen molar-refractivity contribution in [1.29, 1.82) is 5.26 Å². The zero-order valence-electron chi connectivity index (χ0n) is 17.5. The van der Waals surface area contributed by atoms with Gasteiger partial charge in [0, 0.05) is 5.56 Å². The van der Waals surface area contributed by atoms with Gasteiger partial charge in [-0.15, -0.1) is 0 Å². The van der Waals surface area contributed by atoms with E-state index in [2.05, 4.69) is 23.3 Å². The number of ether oxygens (including phenoxy) is 1. The highest BCUT2D eigenvalue weighted by molar-refractivity contribution is 8.18. The monoisotopic (exact) mass is 439 g/mol. The normalized spacial score (nSPS) is 15.6. The molecular weight excluding hydrogens is 418 g/mol. The van der Waals surface area contributed by atoms with Crippen molar-refractivity contribution in [3.8, 4) is 11.8 Å². The number of hydrogen-bond acceptors (Lipinski definition) is 5. The summed E-state index contributed by atoms with van der Waals surface area (Å²) in [5.41, 5.74) is 4.40. The molecule has 3 aromatic rings. The summed E-state index contributed by atoms with van der Waals surface area (Å²) in [6.07, 6.45) is 2.81. The van der Waals surface area contributed by atoms with Gasteiger partial charge in [0.2, 0.25) is 0 Å². The van der Waals surface area contributed by atoms with Gasteiger partial charge in [-0.25, -0.2) is 4.99 Å². The maximum Gasteiger partial charge on any atom is 0.264 e. The summed E-state index contributed by atoms with van der Waals surface area (Å²) in [6, 6.07) is 25.0.